The van der Waals surface area contributed by atoms with Gasteiger partial charge in [0.25, 0.3) is 0 Å². The number of carbonyl (C=O) groups excluding carboxylic acids is 1. The van der Waals surface area contributed by atoms with Gasteiger partial charge >= 0.3 is 5.97 Å². The number of aliphatic hydroxyl groups is 1. The summed E-state index contributed by atoms with van der Waals surface area (Å²) in [7, 11) is 1.30. The van der Waals surface area contributed by atoms with E-state index in [-0.39, 0.29) is 12.4 Å². The van der Waals surface area contributed by atoms with Gasteiger partial charge in [0, 0.05) is 19.3 Å². The Kier molecular flexibility index (Phi) is 4.68. The van der Waals surface area contributed by atoms with Crippen LogP contribution in [0.1, 0.15) is 29.9 Å². The third-order valence-electron chi connectivity index (χ3n) is 3.62. The molecule has 6 nitrogen and oxygen atoms in total. The number of nitrogens with one attached hydrogen (secondary N) is 1. The van der Waals surface area contributed by atoms with Crippen molar-refractivity contribution in [2.24, 2.45) is 11.8 Å². The lowest BCUT2D eigenvalue weighted by molar-refractivity contribution is 0.0587. The topological polar surface area (TPSA) is 84.3 Å². The van der Waals surface area contributed by atoms with Crippen LogP contribution in [0.25, 0.3) is 0 Å². The smallest absolute Gasteiger partial charge is 0.376 e. The molecule has 2 N–H and O–H groups in total. The highest BCUT2D eigenvalue weighted by molar-refractivity contribution is 5.85. The predicted molar refractivity (Wildman–Crippen MR) is 69.8 cm³/mol. The zero-order chi connectivity index (χ0) is 13.7. The monoisotopic (exact) mass is 265 g/mol. The van der Waals surface area contributed by atoms with E-state index in [4.69, 9.17) is 0 Å². The molecule has 0 amide bonds. The van der Waals surface area contributed by atoms with Crippen LogP contribution >= 0.6 is 0 Å². The van der Waals surface area contributed by atoms with Crippen molar-refractivity contribution in [2.45, 2.75) is 19.3 Å². The third-order valence-corrected chi connectivity index (χ3v) is 3.62. The fourth-order valence-corrected chi connectivity index (χ4v) is 2.51. The normalized spacial score (nSPS) is 22.2. The van der Waals surface area contributed by atoms with Crippen molar-refractivity contribution < 1.29 is 14.6 Å². The molecule has 0 aromatic carbocycles. The van der Waals surface area contributed by atoms with Gasteiger partial charge in [0.05, 0.1) is 7.11 Å². The van der Waals surface area contributed by atoms with Gasteiger partial charge in [-0.05, 0) is 30.7 Å². The molecule has 1 aliphatic carbocycles. The molecule has 2 atom stereocenters. The molecule has 1 aromatic rings. The van der Waals surface area contributed by atoms with E-state index in [0.717, 1.165) is 25.8 Å². The van der Waals surface area contributed by atoms with Crippen LogP contribution in [0.5, 0.6) is 0 Å². The number of carbonyl (C=O) groups is 1. The van der Waals surface area contributed by atoms with E-state index in [9.17, 15) is 9.90 Å². The van der Waals surface area contributed by atoms with Gasteiger partial charge in [0.2, 0.25) is 5.82 Å². The molecule has 104 valence electrons. The fraction of sp³-hybridized carbons (Fsp3) is 0.615. The predicted octanol–water partition coefficient (Wildman–Crippen LogP) is 1.08. The van der Waals surface area contributed by atoms with E-state index < -0.39 is 5.97 Å². The maximum atomic E-state index is 11.3. The van der Waals surface area contributed by atoms with Gasteiger partial charge in [0.1, 0.15) is 5.82 Å². The molecule has 0 saturated heterocycles. The summed E-state index contributed by atoms with van der Waals surface area (Å²) >= 11 is 0. The highest BCUT2D eigenvalue weighted by Crippen LogP contribution is 2.31. The molecule has 1 aromatic heterocycles. The molecular weight excluding hydrogens is 246 g/mol. The number of nitrogens with zero attached hydrogens (tertiary/aromatic N) is 2. The number of aromatic nitrogens is 2. The van der Waals surface area contributed by atoms with Gasteiger partial charge in [-0.15, -0.1) is 0 Å². The van der Waals surface area contributed by atoms with Crippen LogP contribution in [-0.4, -0.2) is 41.3 Å². The Bertz CT molecular complexity index is 439. The fourth-order valence-electron chi connectivity index (χ4n) is 2.51. The van der Waals surface area contributed by atoms with E-state index in [2.05, 4.69) is 20.0 Å². The maximum Gasteiger partial charge on any atom is 0.376 e. The Morgan fingerprint density at radius 1 is 1.53 bits per heavy atom. The second-order valence-corrected chi connectivity index (χ2v) is 4.77. The Labute approximate surface area is 112 Å². The van der Waals surface area contributed by atoms with Gasteiger partial charge < -0.3 is 15.2 Å². The molecule has 2 rings (SSSR count). The van der Waals surface area contributed by atoms with Crippen LogP contribution in [0, 0.1) is 11.8 Å². The zero-order valence-electron chi connectivity index (χ0n) is 11.0. The van der Waals surface area contributed by atoms with E-state index >= 15 is 0 Å². The van der Waals surface area contributed by atoms with Crippen molar-refractivity contribution in [3.05, 3.63) is 18.1 Å². The van der Waals surface area contributed by atoms with Crippen molar-refractivity contribution in [3.63, 3.8) is 0 Å². The number of anilines is 1. The standard InChI is InChI=1S/C13H19N3O3/c1-19-13(18)12-14-6-5-11(16-12)15-7-9-3-2-4-10(9)8-17/h5-6,9-10,17H,2-4,7-8H2,1H3,(H,14,15,16). The van der Waals surface area contributed by atoms with Crippen molar-refractivity contribution in [3.8, 4) is 0 Å². The number of hydrogen-bond acceptors (Lipinski definition) is 6. The van der Waals surface area contributed by atoms with Gasteiger partial charge in [0.15, 0.2) is 0 Å². The van der Waals surface area contributed by atoms with Crippen LogP contribution in [0.2, 0.25) is 0 Å². The summed E-state index contributed by atoms with van der Waals surface area (Å²) in [5, 5.41) is 12.5. The molecule has 6 heteroatoms. The number of hydrogen-bond donors (Lipinski definition) is 2. The maximum absolute atomic E-state index is 11.3. The lowest BCUT2D eigenvalue weighted by Crippen LogP contribution is -2.21. The van der Waals surface area contributed by atoms with Crippen molar-refractivity contribution in [1.29, 1.82) is 0 Å². The van der Waals surface area contributed by atoms with E-state index in [0.29, 0.717) is 17.7 Å². The summed E-state index contributed by atoms with van der Waals surface area (Å²) in [5.74, 6) is 0.949. The lowest BCUT2D eigenvalue weighted by Gasteiger charge is -2.18. The molecule has 1 aliphatic rings. The first-order valence-corrected chi connectivity index (χ1v) is 6.50. The first-order valence-electron chi connectivity index (χ1n) is 6.50. The zero-order valence-corrected chi connectivity index (χ0v) is 11.0. The molecule has 0 radical (unpaired) electrons. The van der Waals surface area contributed by atoms with Crippen LogP contribution in [0.3, 0.4) is 0 Å². The summed E-state index contributed by atoms with van der Waals surface area (Å²) in [6, 6.07) is 1.72. The molecule has 19 heavy (non-hydrogen) atoms. The summed E-state index contributed by atoms with van der Waals surface area (Å²) in [4.78, 5) is 19.3. The first-order chi connectivity index (χ1) is 9.24. The van der Waals surface area contributed by atoms with Crippen LogP contribution < -0.4 is 5.32 Å². The van der Waals surface area contributed by atoms with Crippen LogP contribution in [-0.2, 0) is 4.74 Å². The quantitative estimate of drug-likeness (QED) is 0.775. The number of aliphatic hydroxyl groups excluding tert-OH is 1. The van der Waals surface area contributed by atoms with E-state index in [1.54, 1.807) is 6.07 Å². The minimum absolute atomic E-state index is 0.0534. The largest absolute Gasteiger partial charge is 0.463 e. The van der Waals surface area contributed by atoms with Gasteiger partial charge in [-0.2, -0.15) is 0 Å². The first kappa shape index (κ1) is 13.7. The minimum Gasteiger partial charge on any atom is -0.463 e. The van der Waals surface area contributed by atoms with Crippen molar-refractivity contribution >= 4 is 11.8 Å². The molecule has 2 unspecified atom stereocenters. The highest BCUT2D eigenvalue weighted by atomic mass is 16.5. The molecule has 1 heterocycles. The second-order valence-electron chi connectivity index (χ2n) is 4.77. The van der Waals surface area contributed by atoms with Crippen LogP contribution in [0.15, 0.2) is 12.3 Å². The Morgan fingerprint density at radius 3 is 3.05 bits per heavy atom. The molecule has 0 spiro atoms. The summed E-state index contributed by atoms with van der Waals surface area (Å²) in [5.41, 5.74) is 0. The van der Waals surface area contributed by atoms with E-state index in [1.807, 2.05) is 0 Å². The average Bonchev–Trinajstić information content (AvgIpc) is 2.92. The Balaban J connectivity index is 1.94. The SMILES string of the molecule is COC(=O)c1nccc(NCC2CCCC2CO)n1. The summed E-state index contributed by atoms with van der Waals surface area (Å²) in [6.45, 7) is 0.992. The van der Waals surface area contributed by atoms with Crippen LogP contribution in [0.4, 0.5) is 5.82 Å². The summed E-state index contributed by atoms with van der Waals surface area (Å²) < 4.78 is 4.58. The van der Waals surface area contributed by atoms with Gasteiger partial charge in [-0.25, -0.2) is 14.8 Å². The number of ether oxygens (including phenoxy) is 1. The highest BCUT2D eigenvalue weighted by Gasteiger charge is 2.26. The average molecular weight is 265 g/mol. The molecule has 1 fully saturated rings. The molecule has 0 aliphatic heterocycles. The third kappa shape index (κ3) is 3.41. The molecular formula is C13H19N3O3. The Hall–Kier alpha value is -1.69. The van der Waals surface area contributed by atoms with Crippen molar-refractivity contribution in [1.82, 2.24) is 9.97 Å². The van der Waals surface area contributed by atoms with Gasteiger partial charge in [-0.1, -0.05) is 6.42 Å². The Morgan fingerprint density at radius 2 is 2.32 bits per heavy atom. The molecule has 1 saturated carbocycles. The number of rotatable bonds is 5. The van der Waals surface area contributed by atoms with Gasteiger partial charge in [-0.3, -0.25) is 0 Å². The molecule has 0 bridgehead atoms. The lowest BCUT2D eigenvalue weighted by atomic mass is 9.97. The van der Waals surface area contributed by atoms with Crippen molar-refractivity contribution in [2.75, 3.05) is 25.6 Å². The summed E-state index contributed by atoms with van der Waals surface area (Å²) in [6.07, 6.45) is 4.89. The van der Waals surface area contributed by atoms with E-state index in [1.165, 1.54) is 13.3 Å². The minimum atomic E-state index is -0.544. The number of methoxy groups -OCH3 is 1. The number of esters is 1. The second kappa shape index (κ2) is 6.47.